The van der Waals surface area contributed by atoms with Crippen LogP contribution < -0.4 is 15.0 Å². The van der Waals surface area contributed by atoms with E-state index in [1.807, 2.05) is 109 Å². The maximum absolute atomic E-state index is 14.2. The Hall–Kier alpha value is -4.64. The number of benzene rings is 4. The number of Topliss-reactive ketones (excluding diaryl/α,β-unsaturated/α-hetero) is 1. The summed E-state index contributed by atoms with van der Waals surface area (Å²) in [6.07, 6.45) is 1.04. The van der Waals surface area contributed by atoms with Crippen LogP contribution in [0.5, 0.6) is 5.75 Å². The van der Waals surface area contributed by atoms with Crippen molar-refractivity contribution >= 4 is 23.1 Å². The van der Waals surface area contributed by atoms with Gasteiger partial charge < -0.3 is 10.1 Å². The fraction of sp³-hybridized carbons (Fsp3) is 0.152. The van der Waals surface area contributed by atoms with Crippen LogP contribution in [0, 0.1) is 0 Å². The minimum absolute atomic E-state index is 0.0274. The number of nitrogens with one attached hydrogen (secondary N) is 1. The van der Waals surface area contributed by atoms with Gasteiger partial charge >= 0.3 is 0 Å². The number of para-hydroxylation sites is 2. The first-order chi connectivity index (χ1) is 18.6. The highest BCUT2D eigenvalue weighted by atomic mass is 16.5. The second kappa shape index (κ2) is 10.0. The Labute approximate surface area is 222 Å². The van der Waals surface area contributed by atoms with E-state index < -0.39 is 6.04 Å². The zero-order valence-corrected chi connectivity index (χ0v) is 21.1. The van der Waals surface area contributed by atoms with Crippen molar-refractivity contribution in [1.82, 2.24) is 0 Å². The van der Waals surface area contributed by atoms with E-state index in [2.05, 4.69) is 5.32 Å². The second-order valence-electron chi connectivity index (χ2n) is 9.69. The van der Waals surface area contributed by atoms with E-state index in [4.69, 9.17) is 4.74 Å². The fourth-order valence-electron chi connectivity index (χ4n) is 5.60. The molecule has 0 saturated carbocycles. The fourth-order valence-corrected chi connectivity index (χ4v) is 5.60. The Kier molecular flexibility index (Phi) is 6.26. The van der Waals surface area contributed by atoms with E-state index in [0.717, 1.165) is 33.9 Å². The van der Waals surface area contributed by atoms with Crippen molar-refractivity contribution in [3.63, 3.8) is 0 Å². The van der Waals surface area contributed by atoms with Crippen molar-refractivity contribution in [1.29, 1.82) is 0 Å². The molecular formula is C33H28N2O3. The van der Waals surface area contributed by atoms with E-state index >= 15 is 0 Å². The zero-order chi connectivity index (χ0) is 26.1. The largest absolute Gasteiger partial charge is 0.497 e. The summed E-state index contributed by atoms with van der Waals surface area (Å²) in [6.45, 7) is 0. The number of allylic oxidation sites excluding steroid dienone is 1. The molecule has 1 aliphatic heterocycles. The van der Waals surface area contributed by atoms with Gasteiger partial charge in [-0.05, 0) is 59.9 Å². The molecule has 188 valence electrons. The number of carbonyl (C=O) groups excluding carboxylic acids is 2. The highest BCUT2D eigenvalue weighted by Gasteiger charge is 2.41. The number of carbonyl (C=O) groups is 2. The summed E-state index contributed by atoms with van der Waals surface area (Å²) < 4.78 is 5.33. The molecule has 0 radical (unpaired) electrons. The summed E-state index contributed by atoms with van der Waals surface area (Å²) in [5.74, 6) is 0.718. The zero-order valence-electron chi connectivity index (χ0n) is 21.1. The number of methoxy groups -OCH3 is 1. The van der Waals surface area contributed by atoms with E-state index in [-0.39, 0.29) is 17.6 Å². The summed E-state index contributed by atoms with van der Waals surface area (Å²) >= 11 is 0. The summed E-state index contributed by atoms with van der Waals surface area (Å²) in [5.41, 5.74) is 5.65. The molecule has 0 spiro atoms. The lowest BCUT2D eigenvalue weighted by atomic mass is 9.78. The van der Waals surface area contributed by atoms with Gasteiger partial charge in [0.1, 0.15) is 5.75 Å². The highest BCUT2D eigenvalue weighted by Crippen LogP contribution is 2.47. The van der Waals surface area contributed by atoms with Crippen LogP contribution in [0.1, 0.15) is 46.3 Å². The molecule has 5 nitrogen and oxygen atoms in total. The quantitative estimate of drug-likeness (QED) is 0.331. The average Bonchev–Trinajstić information content (AvgIpc) is 3.12. The predicted octanol–water partition coefficient (Wildman–Crippen LogP) is 6.91. The topological polar surface area (TPSA) is 58.6 Å². The molecule has 4 aromatic rings. The molecule has 5 heteroatoms. The molecule has 2 aliphatic rings. The lowest BCUT2D eigenvalue weighted by Gasteiger charge is -2.35. The van der Waals surface area contributed by atoms with Gasteiger partial charge in [-0.2, -0.15) is 0 Å². The van der Waals surface area contributed by atoms with Crippen molar-refractivity contribution < 1.29 is 14.3 Å². The normalized spacial score (nSPS) is 18.7. The Bertz CT molecular complexity index is 1510. The average molecular weight is 501 g/mol. The number of nitrogens with zero attached hydrogens (tertiary/aromatic N) is 1. The Morgan fingerprint density at radius 2 is 1.45 bits per heavy atom. The minimum Gasteiger partial charge on any atom is -0.497 e. The number of fused-ring (bicyclic) bond motifs is 1. The monoisotopic (exact) mass is 500 g/mol. The van der Waals surface area contributed by atoms with Crippen LogP contribution in [0.3, 0.4) is 0 Å². The minimum atomic E-state index is -0.556. The SMILES string of the molecule is COc1ccc(C2CC(=O)C3=C(C2)Nc2ccccc2N(C(=O)c2ccccc2)C3c2ccccc2)cc1. The van der Waals surface area contributed by atoms with E-state index in [9.17, 15) is 9.59 Å². The lowest BCUT2D eigenvalue weighted by molar-refractivity contribution is -0.116. The molecule has 1 aliphatic carbocycles. The number of anilines is 2. The van der Waals surface area contributed by atoms with Crippen molar-refractivity contribution in [2.45, 2.75) is 24.8 Å². The molecule has 1 amide bonds. The van der Waals surface area contributed by atoms with Gasteiger partial charge in [-0.3, -0.25) is 14.5 Å². The van der Waals surface area contributed by atoms with Crippen LogP contribution in [-0.2, 0) is 4.79 Å². The Balaban J connectivity index is 1.52. The number of ketones is 1. The van der Waals surface area contributed by atoms with Crippen molar-refractivity contribution in [2.75, 3.05) is 17.3 Å². The summed E-state index contributed by atoms with van der Waals surface area (Å²) in [6, 6.07) is 34.3. The van der Waals surface area contributed by atoms with E-state index in [1.54, 1.807) is 12.0 Å². The van der Waals surface area contributed by atoms with Gasteiger partial charge in [0.25, 0.3) is 5.91 Å². The highest BCUT2D eigenvalue weighted by molar-refractivity contribution is 6.12. The van der Waals surface area contributed by atoms with E-state index in [1.165, 1.54) is 0 Å². The maximum atomic E-state index is 14.2. The molecule has 0 saturated heterocycles. The second-order valence-corrected chi connectivity index (χ2v) is 9.69. The summed E-state index contributed by atoms with van der Waals surface area (Å²) in [5, 5.41) is 3.59. The molecule has 2 unspecified atom stereocenters. The van der Waals surface area contributed by atoms with Crippen LogP contribution >= 0.6 is 0 Å². The molecule has 6 rings (SSSR count). The van der Waals surface area contributed by atoms with Crippen LogP contribution in [-0.4, -0.2) is 18.8 Å². The third-order valence-electron chi connectivity index (χ3n) is 7.43. The van der Waals surface area contributed by atoms with Gasteiger partial charge in [0.05, 0.1) is 24.5 Å². The number of amides is 1. The van der Waals surface area contributed by atoms with Gasteiger partial charge in [-0.15, -0.1) is 0 Å². The van der Waals surface area contributed by atoms with Crippen molar-refractivity contribution in [3.8, 4) is 5.75 Å². The molecule has 0 aromatic heterocycles. The predicted molar refractivity (Wildman–Crippen MR) is 150 cm³/mol. The van der Waals surface area contributed by atoms with Crippen LogP contribution in [0.4, 0.5) is 11.4 Å². The smallest absolute Gasteiger partial charge is 0.259 e. The Morgan fingerprint density at radius 1 is 0.789 bits per heavy atom. The first kappa shape index (κ1) is 23.7. The molecule has 4 aromatic carbocycles. The lowest BCUT2D eigenvalue weighted by Crippen LogP contribution is -2.38. The standard InChI is InChI=1S/C33H28N2O3/c1-38-26-18-16-22(17-19-26)25-20-28-31(30(36)21-25)32(23-10-4-2-5-11-23)35(29-15-9-8-14-27(29)34-28)33(37)24-12-6-3-7-13-24/h2-19,25,32,34H,20-21H2,1H3. The van der Waals surface area contributed by atoms with Crippen molar-refractivity contribution in [2.24, 2.45) is 0 Å². The number of hydrogen-bond acceptors (Lipinski definition) is 4. The van der Waals surface area contributed by atoms with E-state index in [0.29, 0.717) is 24.0 Å². The molecule has 0 fully saturated rings. The first-order valence-corrected chi connectivity index (χ1v) is 12.8. The summed E-state index contributed by atoms with van der Waals surface area (Å²) in [7, 11) is 1.65. The molecular weight excluding hydrogens is 472 g/mol. The van der Waals surface area contributed by atoms with Crippen LogP contribution in [0.15, 0.2) is 120 Å². The van der Waals surface area contributed by atoms with Crippen molar-refractivity contribution in [3.05, 3.63) is 137 Å². The first-order valence-electron chi connectivity index (χ1n) is 12.8. The molecule has 0 bridgehead atoms. The van der Waals surface area contributed by atoms with Crippen LogP contribution in [0.2, 0.25) is 0 Å². The number of hydrogen-bond donors (Lipinski definition) is 1. The summed E-state index contributed by atoms with van der Waals surface area (Å²) in [4.78, 5) is 30.0. The number of rotatable bonds is 4. The molecule has 1 N–H and O–H groups in total. The Morgan fingerprint density at radius 3 is 2.16 bits per heavy atom. The van der Waals surface area contributed by atoms with Gasteiger partial charge in [0.15, 0.2) is 5.78 Å². The van der Waals surface area contributed by atoms with Gasteiger partial charge in [0.2, 0.25) is 0 Å². The third kappa shape index (κ3) is 4.26. The molecule has 2 atom stereocenters. The van der Waals surface area contributed by atoms with Gasteiger partial charge in [0, 0.05) is 23.3 Å². The van der Waals surface area contributed by atoms with Gasteiger partial charge in [-0.1, -0.05) is 72.8 Å². The number of ether oxygens (including phenoxy) is 1. The third-order valence-corrected chi connectivity index (χ3v) is 7.43. The van der Waals surface area contributed by atoms with Gasteiger partial charge in [-0.25, -0.2) is 0 Å². The molecule has 38 heavy (non-hydrogen) atoms. The van der Waals surface area contributed by atoms with Crippen LogP contribution in [0.25, 0.3) is 0 Å². The molecule has 1 heterocycles. The maximum Gasteiger partial charge on any atom is 0.259 e.